The van der Waals surface area contributed by atoms with E-state index in [0.29, 0.717) is 37.2 Å². The minimum absolute atomic E-state index is 0.0181. The van der Waals surface area contributed by atoms with E-state index in [9.17, 15) is 14.4 Å². The summed E-state index contributed by atoms with van der Waals surface area (Å²) >= 11 is 0. The molecule has 1 unspecified atom stereocenters. The molecule has 0 radical (unpaired) electrons. The van der Waals surface area contributed by atoms with Gasteiger partial charge in [0.05, 0.1) is 22.5 Å². The molecule has 2 aliphatic rings. The Balaban J connectivity index is 1.28. The van der Waals surface area contributed by atoms with Crippen LogP contribution in [0, 0.1) is 13.8 Å². The molecule has 180 valence electrons. The number of aryl methyl sites for hydroxylation is 1. The number of fused-ring (bicyclic) bond motifs is 1. The average Bonchev–Trinajstić information content (AvgIpc) is 3.30. The molecule has 2 aromatic carbocycles. The number of nitrogens with one attached hydrogen (secondary N) is 1. The first-order valence-corrected chi connectivity index (χ1v) is 12.1. The van der Waals surface area contributed by atoms with Crippen LogP contribution in [0.15, 0.2) is 54.6 Å². The van der Waals surface area contributed by atoms with Crippen LogP contribution in [0.4, 0.5) is 0 Å². The Bertz CT molecular complexity index is 1250. The number of piperazine rings is 1. The standard InChI is InChI=1S/C27H29N5O3/c1-18-23(19(2)32(29-18)20-10-4-3-5-11-20)24-25(33)28-14-17-30(24)15-8-9-16-31-26(34)21-12-6-7-13-22(21)27(31)35/h3-7,10-13,24H,8-9,14-17H2,1-2H3,(H,28,33). The van der Waals surface area contributed by atoms with E-state index in [1.165, 1.54) is 4.90 Å². The number of carbonyl (C=O) groups excluding carboxylic acids is 3. The van der Waals surface area contributed by atoms with E-state index in [4.69, 9.17) is 5.10 Å². The molecule has 0 aliphatic carbocycles. The van der Waals surface area contributed by atoms with Gasteiger partial charge in [0.25, 0.3) is 11.8 Å². The van der Waals surface area contributed by atoms with Gasteiger partial charge in [0.2, 0.25) is 5.91 Å². The fourth-order valence-corrected chi connectivity index (χ4v) is 5.17. The predicted molar refractivity (Wildman–Crippen MR) is 131 cm³/mol. The smallest absolute Gasteiger partial charge is 0.261 e. The Kier molecular flexibility index (Phi) is 6.21. The second-order valence-electron chi connectivity index (χ2n) is 9.08. The first-order valence-electron chi connectivity index (χ1n) is 12.1. The molecular formula is C27H29N5O3. The van der Waals surface area contributed by atoms with E-state index >= 15 is 0 Å². The molecular weight excluding hydrogens is 442 g/mol. The summed E-state index contributed by atoms with van der Waals surface area (Å²) in [5, 5.41) is 7.74. The molecule has 1 saturated heterocycles. The number of amides is 3. The lowest BCUT2D eigenvalue weighted by molar-refractivity contribution is -0.129. The summed E-state index contributed by atoms with van der Waals surface area (Å²) in [7, 11) is 0. The number of para-hydroxylation sites is 1. The molecule has 8 nitrogen and oxygen atoms in total. The van der Waals surface area contributed by atoms with Gasteiger partial charge in [0, 0.05) is 30.9 Å². The first-order chi connectivity index (χ1) is 17.0. The van der Waals surface area contributed by atoms with E-state index < -0.39 is 6.04 Å². The van der Waals surface area contributed by atoms with Gasteiger partial charge in [-0.1, -0.05) is 30.3 Å². The third kappa shape index (κ3) is 4.14. The summed E-state index contributed by atoms with van der Waals surface area (Å²) in [6.07, 6.45) is 1.44. The van der Waals surface area contributed by atoms with Gasteiger partial charge in [-0.2, -0.15) is 5.10 Å². The molecule has 1 N–H and O–H groups in total. The van der Waals surface area contributed by atoms with Gasteiger partial charge in [-0.05, 0) is 57.5 Å². The number of hydrogen-bond acceptors (Lipinski definition) is 5. The molecule has 2 aliphatic heterocycles. The Hall–Kier alpha value is -3.78. The molecule has 35 heavy (non-hydrogen) atoms. The molecule has 0 spiro atoms. The van der Waals surface area contributed by atoms with Gasteiger partial charge >= 0.3 is 0 Å². The lowest BCUT2D eigenvalue weighted by Crippen LogP contribution is -2.50. The minimum atomic E-state index is -0.416. The molecule has 8 heteroatoms. The fraction of sp³-hybridized carbons (Fsp3) is 0.333. The summed E-state index contributed by atoms with van der Waals surface area (Å²) in [5.74, 6) is -0.462. The zero-order valence-electron chi connectivity index (χ0n) is 20.0. The van der Waals surface area contributed by atoms with E-state index in [-0.39, 0.29) is 17.7 Å². The highest BCUT2D eigenvalue weighted by molar-refractivity contribution is 6.21. The Morgan fingerprint density at radius 2 is 1.51 bits per heavy atom. The number of unbranched alkanes of at least 4 members (excludes halogenated alkanes) is 1. The van der Waals surface area contributed by atoms with Crippen molar-refractivity contribution in [3.8, 4) is 5.69 Å². The molecule has 5 rings (SSSR count). The van der Waals surface area contributed by atoms with Crippen molar-refractivity contribution in [2.24, 2.45) is 0 Å². The molecule has 1 atom stereocenters. The molecule has 3 heterocycles. The van der Waals surface area contributed by atoms with Crippen molar-refractivity contribution in [2.45, 2.75) is 32.7 Å². The van der Waals surface area contributed by atoms with Crippen LogP contribution in [0.3, 0.4) is 0 Å². The van der Waals surface area contributed by atoms with Crippen molar-refractivity contribution in [3.05, 3.63) is 82.7 Å². The molecule has 0 bridgehead atoms. The highest BCUT2D eigenvalue weighted by Crippen LogP contribution is 2.30. The van der Waals surface area contributed by atoms with Crippen LogP contribution in [-0.4, -0.2) is 63.5 Å². The predicted octanol–water partition coefficient (Wildman–Crippen LogP) is 3.04. The molecule has 3 aromatic rings. The highest BCUT2D eigenvalue weighted by Gasteiger charge is 2.36. The minimum Gasteiger partial charge on any atom is -0.353 e. The van der Waals surface area contributed by atoms with E-state index in [2.05, 4.69) is 10.2 Å². The molecule has 1 aromatic heterocycles. The number of aromatic nitrogens is 2. The van der Waals surface area contributed by atoms with Crippen LogP contribution in [0.25, 0.3) is 5.69 Å². The topological polar surface area (TPSA) is 87.5 Å². The van der Waals surface area contributed by atoms with Crippen molar-refractivity contribution in [3.63, 3.8) is 0 Å². The fourth-order valence-electron chi connectivity index (χ4n) is 5.17. The Labute approximate surface area is 204 Å². The first kappa shape index (κ1) is 23.0. The third-order valence-electron chi connectivity index (χ3n) is 6.89. The van der Waals surface area contributed by atoms with Gasteiger partial charge in [-0.25, -0.2) is 4.68 Å². The van der Waals surface area contributed by atoms with Crippen molar-refractivity contribution >= 4 is 17.7 Å². The number of benzene rings is 2. The van der Waals surface area contributed by atoms with Crippen molar-refractivity contribution in [1.29, 1.82) is 0 Å². The van der Waals surface area contributed by atoms with Crippen LogP contribution < -0.4 is 5.32 Å². The Morgan fingerprint density at radius 3 is 2.20 bits per heavy atom. The van der Waals surface area contributed by atoms with Crippen LogP contribution in [-0.2, 0) is 4.79 Å². The largest absolute Gasteiger partial charge is 0.353 e. The zero-order chi connectivity index (χ0) is 24.5. The van der Waals surface area contributed by atoms with Crippen molar-refractivity contribution < 1.29 is 14.4 Å². The second-order valence-corrected chi connectivity index (χ2v) is 9.08. The summed E-state index contributed by atoms with van der Waals surface area (Å²) < 4.78 is 1.90. The summed E-state index contributed by atoms with van der Waals surface area (Å²) in [4.78, 5) is 41.8. The monoisotopic (exact) mass is 471 g/mol. The normalized spacial score (nSPS) is 18.2. The average molecular weight is 472 g/mol. The van der Waals surface area contributed by atoms with Gasteiger partial charge in [0.1, 0.15) is 6.04 Å². The molecule has 1 fully saturated rings. The second kappa shape index (κ2) is 9.46. The lowest BCUT2D eigenvalue weighted by Gasteiger charge is -2.35. The van der Waals surface area contributed by atoms with Crippen LogP contribution in [0.1, 0.15) is 56.6 Å². The number of carbonyl (C=O) groups is 3. The summed E-state index contributed by atoms with van der Waals surface area (Å²) in [6.45, 7) is 6.35. The van der Waals surface area contributed by atoms with E-state index in [0.717, 1.165) is 35.6 Å². The summed E-state index contributed by atoms with van der Waals surface area (Å²) in [5.41, 5.74) is 4.64. The maximum absolute atomic E-state index is 13.0. The highest BCUT2D eigenvalue weighted by atomic mass is 16.2. The van der Waals surface area contributed by atoms with Gasteiger partial charge in [-0.3, -0.25) is 24.2 Å². The SMILES string of the molecule is Cc1nn(-c2ccccc2)c(C)c1C1C(=O)NCCN1CCCCN1C(=O)c2ccccc2C1=O. The van der Waals surface area contributed by atoms with Gasteiger partial charge in [-0.15, -0.1) is 0 Å². The Morgan fingerprint density at radius 1 is 0.886 bits per heavy atom. The number of rotatable bonds is 7. The number of hydrogen-bond donors (Lipinski definition) is 1. The van der Waals surface area contributed by atoms with Crippen LogP contribution in [0.2, 0.25) is 0 Å². The van der Waals surface area contributed by atoms with E-state index in [1.54, 1.807) is 24.3 Å². The summed E-state index contributed by atoms with van der Waals surface area (Å²) in [6, 6.07) is 16.5. The quantitative estimate of drug-likeness (QED) is 0.423. The number of imide groups is 1. The zero-order valence-corrected chi connectivity index (χ0v) is 20.0. The maximum atomic E-state index is 13.0. The molecule has 3 amide bonds. The van der Waals surface area contributed by atoms with E-state index in [1.807, 2.05) is 48.9 Å². The number of nitrogens with zero attached hydrogens (tertiary/aromatic N) is 4. The van der Waals surface area contributed by atoms with Crippen molar-refractivity contribution in [1.82, 2.24) is 24.9 Å². The van der Waals surface area contributed by atoms with Crippen molar-refractivity contribution in [2.75, 3.05) is 26.2 Å². The van der Waals surface area contributed by atoms with Gasteiger partial charge in [0.15, 0.2) is 0 Å². The van der Waals surface area contributed by atoms with Gasteiger partial charge < -0.3 is 5.32 Å². The van der Waals surface area contributed by atoms with Crippen LogP contribution >= 0.6 is 0 Å². The third-order valence-corrected chi connectivity index (χ3v) is 6.89. The lowest BCUT2D eigenvalue weighted by atomic mass is 10.00. The van der Waals surface area contributed by atoms with Crippen LogP contribution in [0.5, 0.6) is 0 Å². The molecule has 0 saturated carbocycles. The maximum Gasteiger partial charge on any atom is 0.261 e.